The van der Waals surface area contributed by atoms with Crippen LogP contribution in [0.15, 0.2) is 24.3 Å². The van der Waals surface area contributed by atoms with E-state index in [0.29, 0.717) is 12.8 Å². The van der Waals surface area contributed by atoms with Crippen molar-refractivity contribution in [2.45, 2.75) is 249 Å². The van der Waals surface area contributed by atoms with Gasteiger partial charge in [-0.2, -0.15) is 0 Å². The molecule has 5 unspecified atom stereocenters. The Kier molecular flexibility index (Phi) is 36.3. The third-order valence-corrected chi connectivity index (χ3v) is 13.0. The molecule has 8 atom stereocenters. The van der Waals surface area contributed by atoms with E-state index < -0.39 is 83.5 Å². The van der Waals surface area contributed by atoms with Crippen molar-refractivity contribution in [3.8, 4) is 0 Å². The lowest BCUT2D eigenvalue weighted by atomic mass is 9.85. The number of aliphatic hydroxyl groups is 4. The van der Waals surface area contributed by atoms with Crippen molar-refractivity contribution < 1.29 is 76.9 Å². The SMILES string of the molecule is CCCCC/C=C\C/C=C\CCCCCCCC(=O)OC[C@H](COP(=O)(O)O[C@H]1C(O)C(O)C(O)[C@@H](OP(=O)(O)O)C1O)OC(=O)CCCCCCCCCCCCCCCCCCC. The maximum atomic E-state index is 13.0. The molecule has 0 aromatic heterocycles. The largest absolute Gasteiger partial charge is 0.472 e. The van der Waals surface area contributed by atoms with E-state index >= 15 is 0 Å². The molecule has 0 aromatic rings. The van der Waals surface area contributed by atoms with E-state index in [1.807, 2.05) is 0 Å². The van der Waals surface area contributed by atoms with Crippen LogP contribution in [0.4, 0.5) is 0 Å². The summed E-state index contributed by atoms with van der Waals surface area (Å²) in [6, 6.07) is 0. The Morgan fingerprint density at radius 1 is 0.492 bits per heavy atom. The molecule has 7 N–H and O–H groups in total. The molecule has 0 aliphatic heterocycles. The maximum absolute atomic E-state index is 13.0. The zero-order valence-corrected chi connectivity index (χ0v) is 41.5. The second-order valence-electron chi connectivity index (χ2n) is 17.5. The van der Waals surface area contributed by atoms with Crippen molar-refractivity contribution in [2.24, 2.45) is 0 Å². The van der Waals surface area contributed by atoms with E-state index in [2.05, 4.69) is 42.7 Å². The first kappa shape index (κ1) is 61.5. The second kappa shape index (κ2) is 38.3. The highest BCUT2D eigenvalue weighted by atomic mass is 31.2. The molecule has 1 aliphatic rings. The van der Waals surface area contributed by atoms with Gasteiger partial charge >= 0.3 is 27.6 Å². The number of esters is 2. The summed E-state index contributed by atoms with van der Waals surface area (Å²) in [6.45, 7) is 3.09. The summed E-state index contributed by atoms with van der Waals surface area (Å²) >= 11 is 0. The maximum Gasteiger partial charge on any atom is 0.472 e. The van der Waals surface area contributed by atoms with Crippen LogP contribution in [0.2, 0.25) is 0 Å². The van der Waals surface area contributed by atoms with Gasteiger partial charge in [-0.3, -0.25) is 23.2 Å². The molecular weight excluding hydrogens is 882 g/mol. The molecule has 16 nitrogen and oxygen atoms in total. The van der Waals surface area contributed by atoms with Crippen molar-refractivity contribution >= 4 is 27.6 Å². The number of allylic oxidation sites excluding steroid dienone is 4. The third-order valence-electron chi connectivity index (χ3n) is 11.5. The van der Waals surface area contributed by atoms with Gasteiger partial charge in [0.2, 0.25) is 0 Å². The summed E-state index contributed by atoms with van der Waals surface area (Å²) < 4.78 is 49.4. The molecular formula is C47H88O16P2. The highest BCUT2D eigenvalue weighted by Gasteiger charge is 2.54. The van der Waals surface area contributed by atoms with Crippen LogP contribution in [0, 0.1) is 0 Å². The highest BCUT2D eigenvalue weighted by Crippen LogP contribution is 2.49. The van der Waals surface area contributed by atoms with Gasteiger partial charge in [-0.05, 0) is 44.9 Å². The van der Waals surface area contributed by atoms with E-state index in [4.69, 9.17) is 18.5 Å². The van der Waals surface area contributed by atoms with Crippen molar-refractivity contribution in [1.29, 1.82) is 0 Å². The molecule has 1 saturated carbocycles. The minimum atomic E-state index is -5.36. The van der Waals surface area contributed by atoms with E-state index in [1.54, 1.807) is 0 Å². The quantitative estimate of drug-likeness (QED) is 0.0130. The number of unbranched alkanes of at least 4 members (excludes halogenated alkanes) is 24. The molecule has 1 rings (SSSR count). The molecule has 18 heteroatoms. The molecule has 1 fully saturated rings. The Morgan fingerprint density at radius 2 is 0.892 bits per heavy atom. The van der Waals surface area contributed by atoms with Crippen LogP contribution >= 0.6 is 15.6 Å². The molecule has 382 valence electrons. The number of aliphatic hydroxyl groups excluding tert-OH is 4. The average molecular weight is 971 g/mol. The summed E-state index contributed by atoms with van der Waals surface area (Å²) in [7, 11) is -10.7. The van der Waals surface area contributed by atoms with Gasteiger partial charge in [-0.15, -0.1) is 0 Å². The predicted molar refractivity (Wildman–Crippen MR) is 251 cm³/mol. The van der Waals surface area contributed by atoms with E-state index in [-0.39, 0.29) is 12.8 Å². The fourth-order valence-electron chi connectivity index (χ4n) is 7.65. The van der Waals surface area contributed by atoms with Crippen LogP contribution in [-0.2, 0) is 41.8 Å². The van der Waals surface area contributed by atoms with E-state index in [1.165, 1.54) is 96.3 Å². The lowest BCUT2D eigenvalue weighted by molar-refractivity contribution is -0.216. The van der Waals surface area contributed by atoms with Crippen molar-refractivity contribution in [2.75, 3.05) is 13.2 Å². The topological polar surface area (TPSA) is 256 Å². The minimum Gasteiger partial charge on any atom is -0.462 e. The molecule has 0 bridgehead atoms. The zero-order chi connectivity index (χ0) is 48.2. The fourth-order valence-corrected chi connectivity index (χ4v) is 9.18. The Labute approximate surface area is 390 Å². The number of hydrogen-bond acceptors (Lipinski definition) is 13. The van der Waals surface area contributed by atoms with Crippen LogP contribution in [0.1, 0.15) is 206 Å². The van der Waals surface area contributed by atoms with Crippen molar-refractivity contribution in [3.63, 3.8) is 0 Å². The summed E-state index contributed by atoms with van der Waals surface area (Å²) in [6.07, 6.45) is 25.6. The van der Waals surface area contributed by atoms with Gasteiger partial charge in [-0.1, -0.05) is 173 Å². The minimum absolute atomic E-state index is 0.0456. The normalized spacial score (nSPS) is 21.8. The number of phosphoric acid groups is 2. The van der Waals surface area contributed by atoms with Gasteiger partial charge in [0.25, 0.3) is 0 Å². The van der Waals surface area contributed by atoms with Gasteiger partial charge in [-0.25, -0.2) is 9.13 Å². The first-order valence-electron chi connectivity index (χ1n) is 24.9. The zero-order valence-electron chi connectivity index (χ0n) is 39.7. The van der Waals surface area contributed by atoms with Crippen LogP contribution < -0.4 is 0 Å². The number of carbonyl (C=O) groups is 2. The Morgan fingerprint density at radius 3 is 1.37 bits per heavy atom. The summed E-state index contributed by atoms with van der Waals surface area (Å²) in [5.74, 6) is -1.21. The first-order valence-corrected chi connectivity index (χ1v) is 27.9. The average Bonchev–Trinajstić information content (AvgIpc) is 3.26. The van der Waals surface area contributed by atoms with Gasteiger partial charge in [0, 0.05) is 12.8 Å². The van der Waals surface area contributed by atoms with Gasteiger partial charge in [0.05, 0.1) is 6.61 Å². The van der Waals surface area contributed by atoms with E-state index in [0.717, 1.165) is 70.6 Å². The summed E-state index contributed by atoms with van der Waals surface area (Å²) in [4.78, 5) is 54.3. The second-order valence-corrected chi connectivity index (χ2v) is 20.1. The Bertz CT molecular complexity index is 1360. The van der Waals surface area contributed by atoms with Crippen LogP contribution in [-0.4, -0.2) is 103 Å². The molecule has 0 aromatic carbocycles. The predicted octanol–water partition coefficient (Wildman–Crippen LogP) is 9.73. The molecule has 0 radical (unpaired) electrons. The van der Waals surface area contributed by atoms with E-state index in [9.17, 15) is 53.8 Å². The lowest BCUT2D eigenvalue weighted by Crippen LogP contribution is -2.64. The summed E-state index contributed by atoms with van der Waals surface area (Å²) in [5.41, 5.74) is 0. The number of rotatable bonds is 42. The smallest absolute Gasteiger partial charge is 0.462 e. The molecule has 65 heavy (non-hydrogen) atoms. The molecule has 0 amide bonds. The lowest BCUT2D eigenvalue weighted by Gasteiger charge is -2.43. The Balaban J connectivity index is 2.57. The number of phosphoric ester groups is 2. The molecule has 0 heterocycles. The van der Waals surface area contributed by atoms with Gasteiger partial charge < -0.3 is 44.6 Å². The van der Waals surface area contributed by atoms with Crippen LogP contribution in [0.5, 0.6) is 0 Å². The van der Waals surface area contributed by atoms with Gasteiger partial charge in [0.1, 0.15) is 43.2 Å². The fraction of sp³-hybridized carbons (Fsp3) is 0.872. The van der Waals surface area contributed by atoms with Crippen LogP contribution in [0.3, 0.4) is 0 Å². The first-order chi connectivity index (χ1) is 31.1. The molecule has 1 aliphatic carbocycles. The number of hydrogen-bond donors (Lipinski definition) is 7. The summed E-state index contributed by atoms with van der Waals surface area (Å²) in [5, 5.41) is 41.3. The standard InChI is InChI=1S/C47H88O16P2/c1-3-5-7-9-11-13-15-17-19-20-22-24-26-28-30-32-34-36-41(49)61-39(37-59-40(48)35-33-31-29-27-25-23-21-18-16-14-12-10-8-6-4-2)38-60-65(57,58)63-47-44(52)42(50)43(51)46(45(47)53)62-64(54,55)56/h12,14,18,21,39,42-47,50-53H,3-11,13,15-17,19-20,22-38H2,1-2H3,(H,57,58)(H2,54,55,56)/b14-12-,21-18-/t39-,42?,43?,44?,45?,46-,47+/m1/s1. The molecule has 0 spiro atoms. The van der Waals surface area contributed by atoms with Crippen LogP contribution in [0.25, 0.3) is 0 Å². The monoisotopic (exact) mass is 971 g/mol. The van der Waals surface area contributed by atoms with Crippen molar-refractivity contribution in [1.82, 2.24) is 0 Å². The molecule has 0 saturated heterocycles. The highest BCUT2D eigenvalue weighted by molar-refractivity contribution is 7.47. The Hall–Kier alpha value is -1.52. The third kappa shape index (κ3) is 32.8. The number of ether oxygens (including phenoxy) is 2. The number of carbonyl (C=O) groups excluding carboxylic acids is 2. The van der Waals surface area contributed by atoms with Crippen molar-refractivity contribution in [3.05, 3.63) is 24.3 Å². The van der Waals surface area contributed by atoms with Gasteiger partial charge in [0.15, 0.2) is 6.10 Å².